The molecule has 2 aromatic carbocycles. The topological polar surface area (TPSA) is 50.9 Å². The molecule has 0 spiro atoms. The monoisotopic (exact) mass is 301 g/mol. The molecule has 21 heavy (non-hydrogen) atoms. The summed E-state index contributed by atoms with van der Waals surface area (Å²) in [6.07, 6.45) is 0. The molecule has 0 unspecified atom stereocenters. The van der Waals surface area contributed by atoms with Crippen LogP contribution in [0.5, 0.6) is 0 Å². The van der Waals surface area contributed by atoms with Crippen LogP contribution in [0, 0.1) is 12.7 Å². The van der Waals surface area contributed by atoms with E-state index in [1.54, 1.807) is 0 Å². The number of halogens is 2. The van der Waals surface area contributed by atoms with Gasteiger partial charge in [-0.1, -0.05) is 41.9 Å². The first-order valence-corrected chi connectivity index (χ1v) is 6.81. The lowest BCUT2D eigenvalue weighted by Crippen LogP contribution is -2.10. The standard InChI is InChI=1S/C16H13ClFN3/c1-9-14(10-5-3-2-4-6-10)20-16-12(15(9)21-19)7-11(18)8-13(16)17/h2-8H,19H2,1H3,(H,20,21). The van der Waals surface area contributed by atoms with Gasteiger partial charge in [0.25, 0.3) is 0 Å². The van der Waals surface area contributed by atoms with Crippen molar-refractivity contribution in [3.63, 3.8) is 0 Å². The molecule has 3 nitrogen and oxygen atoms in total. The zero-order valence-corrected chi connectivity index (χ0v) is 12.1. The van der Waals surface area contributed by atoms with Crippen LogP contribution in [-0.4, -0.2) is 4.98 Å². The van der Waals surface area contributed by atoms with Crippen LogP contribution in [0.1, 0.15) is 5.56 Å². The first-order chi connectivity index (χ1) is 10.1. The first kappa shape index (κ1) is 13.8. The number of nitrogens with zero attached hydrogens (tertiary/aromatic N) is 1. The fourth-order valence-electron chi connectivity index (χ4n) is 2.45. The fraction of sp³-hybridized carbons (Fsp3) is 0.0625. The maximum absolute atomic E-state index is 13.6. The summed E-state index contributed by atoms with van der Waals surface area (Å²) in [6.45, 7) is 1.89. The van der Waals surface area contributed by atoms with Gasteiger partial charge in [0.1, 0.15) is 5.82 Å². The van der Waals surface area contributed by atoms with E-state index in [0.717, 1.165) is 16.8 Å². The Morgan fingerprint density at radius 2 is 1.90 bits per heavy atom. The number of aromatic nitrogens is 1. The van der Waals surface area contributed by atoms with Gasteiger partial charge in [-0.15, -0.1) is 0 Å². The average molecular weight is 302 g/mol. The Bertz CT molecular complexity index is 819. The Hall–Kier alpha value is -2.17. The van der Waals surface area contributed by atoms with Crippen LogP contribution in [0.2, 0.25) is 5.02 Å². The van der Waals surface area contributed by atoms with Crippen molar-refractivity contribution in [1.82, 2.24) is 4.98 Å². The summed E-state index contributed by atoms with van der Waals surface area (Å²) in [7, 11) is 0. The quantitative estimate of drug-likeness (QED) is 0.548. The number of pyridine rings is 1. The van der Waals surface area contributed by atoms with Gasteiger partial charge in [-0.25, -0.2) is 9.37 Å². The minimum atomic E-state index is -0.419. The SMILES string of the molecule is Cc1c(-c2ccccc2)nc2c(Cl)cc(F)cc2c1NN. The number of anilines is 1. The van der Waals surface area contributed by atoms with Gasteiger partial charge in [0.15, 0.2) is 0 Å². The summed E-state index contributed by atoms with van der Waals surface area (Å²) >= 11 is 6.13. The van der Waals surface area contributed by atoms with Gasteiger partial charge in [-0.2, -0.15) is 0 Å². The second kappa shape index (κ2) is 5.31. The van der Waals surface area contributed by atoms with E-state index in [9.17, 15) is 4.39 Å². The van der Waals surface area contributed by atoms with E-state index < -0.39 is 5.82 Å². The van der Waals surface area contributed by atoms with E-state index in [2.05, 4.69) is 10.4 Å². The van der Waals surface area contributed by atoms with Gasteiger partial charge in [0.05, 0.1) is 21.9 Å². The molecule has 0 saturated heterocycles. The van der Waals surface area contributed by atoms with Gasteiger partial charge >= 0.3 is 0 Å². The Morgan fingerprint density at radius 3 is 2.57 bits per heavy atom. The molecule has 0 radical (unpaired) electrons. The zero-order valence-electron chi connectivity index (χ0n) is 11.3. The molecule has 5 heteroatoms. The predicted molar refractivity (Wildman–Crippen MR) is 84.7 cm³/mol. The van der Waals surface area contributed by atoms with Crippen molar-refractivity contribution in [3.05, 3.63) is 58.9 Å². The zero-order chi connectivity index (χ0) is 15.0. The smallest absolute Gasteiger partial charge is 0.125 e. The van der Waals surface area contributed by atoms with Gasteiger partial charge in [0, 0.05) is 16.5 Å². The second-order valence-corrected chi connectivity index (χ2v) is 5.16. The number of benzene rings is 2. The van der Waals surface area contributed by atoms with Crippen LogP contribution < -0.4 is 11.3 Å². The number of hydrogen-bond acceptors (Lipinski definition) is 3. The number of nitrogen functional groups attached to an aromatic ring is 1. The summed E-state index contributed by atoms with van der Waals surface area (Å²) in [6, 6.07) is 12.3. The van der Waals surface area contributed by atoms with Crippen LogP contribution in [0.3, 0.4) is 0 Å². The molecular formula is C16H13ClFN3. The Labute approximate surface area is 126 Å². The van der Waals surface area contributed by atoms with E-state index in [-0.39, 0.29) is 5.02 Å². The van der Waals surface area contributed by atoms with Crippen LogP contribution in [-0.2, 0) is 0 Å². The summed E-state index contributed by atoms with van der Waals surface area (Å²) in [5, 5.41) is 0.832. The van der Waals surface area contributed by atoms with E-state index >= 15 is 0 Å². The third-order valence-corrected chi connectivity index (χ3v) is 3.73. The number of fused-ring (bicyclic) bond motifs is 1. The molecule has 0 fully saturated rings. The van der Waals surface area contributed by atoms with Crippen molar-refractivity contribution in [2.75, 3.05) is 5.43 Å². The lowest BCUT2D eigenvalue weighted by molar-refractivity contribution is 0.629. The molecule has 0 bridgehead atoms. The van der Waals surface area contributed by atoms with Crippen LogP contribution in [0.25, 0.3) is 22.2 Å². The molecule has 3 N–H and O–H groups in total. The minimum absolute atomic E-state index is 0.263. The summed E-state index contributed by atoms with van der Waals surface area (Å²) < 4.78 is 13.6. The second-order valence-electron chi connectivity index (χ2n) is 4.75. The maximum atomic E-state index is 13.6. The third-order valence-electron chi connectivity index (χ3n) is 3.44. The highest BCUT2D eigenvalue weighted by atomic mass is 35.5. The lowest BCUT2D eigenvalue weighted by atomic mass is 10.0. The van der Waals surface area contributed by atoms with Gasteiger partial charge < -0.3 is 5.43 Å². The number of hydrazine groups is 1. The Kier molecular flexibility index (Phi) is 3.49. The summed E-state index contributed by atoms with van der Waals surface area (Å²) in [5.41, 5.74) is 6.35. The number of hydrogen-bond donors (Lipinski definition) is 2. The molecule has 106 valence electrons. The van der Waals surface area contributed by atoms with Gasteiger partial charge in [0.2, 0.25) is 0 Å². The van der Waals surface area contributed by atoms with Gasteiger partial charge in [-0.3, -0.25) is 5.84 Å². The number of nitrogens with one attached hydrogen (secondary N) is 1. The number of rotatable bonds is 2. The lowest BCUT2D eigenvalue weighted by Gasteiger charge is -2.15. The molecule has 3 aromatic rings. The highest BCUT2D eigenvalue weighted by molar-refractivity contribution is 6.35. The molecular weight excluding hydrogens is 289 g/mol. The van der Waals surface area contributed by atoms with Crippen molar-refractivity contribution in [2.24, 2.45) is 5.84 Å². The largest absolute Gasteiger partial charge is 0.323 e. The molecule has 0 aliphatic carbocycles. The molecule has 1 aromatic heterocycles. The van der Waals surface area contributed by atoms with E-state index in [1.807, 2.05) is 37.3 Å². The highest BCUT2D eigenvalue weighted by Crippen LogP contribution is 2.35. The van der Waals surface area contributed by atoms with E-state index in [4.69, 9.17) is 17.4 Å². The van der Waals surface area contributed by atoms with Crippen LogP contribution >= 0.6 is 11.6 Å². The normalized spacial score (nSPS) is 10.9. The maximum Gasteiger partial charge on any atom is 0.125 e. The van der Waals surface area contributed by atoms with Crippen molar-refractivity contribution < 1.29 is 4.39 Å². The van der Waals surface area contributed by atoms with Crippen molar-refractivity contribution >= 4 is 28.2 Å². The fourth-order valence-corrected chi connectivity index (χ4v) is 2.70. The summed E-state index contributed by atoms with van der Waals surface area (Å²) in [4.78, 5) is 4.60. The first-order valence-electron chi connectivity index (χ1n) is 6.43. The van der Waals surface area contributed by atoms with Crippen molar-refractivity contribution in [1.29, 1.82) is 0 Å². The molecule has 0 amide bonds. The predicted octanol–water partition coefficient (Wildman–Crippen LogP) is 4.29. The average Bonchev–Trinajstić information content (AvgIpc) is 2.47. The Balaban J connectivity index is 2.41. The van der Waals surface area contributed by atoms with Crippen LogP contribution in [0.4, 0.5) is 10.1 Å². The van der Waals surface area contributed by atoms with Crippen molar-refractivity contribution in [2.45, 2.75) is 6.92 Å². The van der Waals surface area contributed by atoms with Crippen LogP contribution in [0.15, 0.2) is 42.5 Å². The highest BCUT2D eigenvalue weighted by Gasteiger charge is 2.15. The van der Waals surface area contributed by atoms with Crippen molar-refractivity contribution in [3.8, 4) is 11.3 Å². The molecule has 0 aliphatic rings. The molecule has 0 atom stereocenters. The van der Waals surface area contributed by atoms with Gasteiger partial charge in [-0.05, 0) is 19.1 Å². The molecule has 1 heterocycles. The third kappa shape index (κ3) is 2.33. The van der Waals surface area contributed by atoms with E-state index in [1.165, 1.54) is 12.1 Å². The Morgan fingerprint density at radius 1 is 1.19 bits per heavy atom. The molecule has 0 saturated carbocycles. The van der Waals surface area contributed by atoms with E-state index in [0.29, 0.717) is 16.6 Å². The minimum Gasteiger partial charge on any atom is -0.323 e. The number of nitrogens with two attached hydrogens (primary N) is 1. The summed E-state index contributed by atoms with van der Waals surface area (Å²) in [5.74, 6) is 5.20. The molecule has 0 aliphatic heterocycles. The molecule has 3 rings (SSSR count).